The van der Waals surface area contributed by atoms with Gasteiger partial charge in [0.05, 0.1) is 21.7 Å². The molecule has 0 fully saturated rings. The average molecular weight is 337 g/mol. The van der Waals surface area contributed by atoms with Gasteiger partial charge in [-0.2, -0.15) is 0 Å². The summed E-state index contributed by atoms with van der Waals surface area (Å²) < 4.78 is 2.84. The zero-order valence-electron chi connectivity index (χ0n) is 10.2. The Labute approximate surface area is 124 Å². The van der Waals surface area contributed by atoms with Gasteiger partial charge in [0, 0.05) is 4.47 Å². The van der Waals surface area contributed by atoms with E-state index in [0.717, 1.165) is 26.8 Å². The van der Waals surface area contributed by atoms with E-state index in [1.54, 1.807) is 0 Å². The van der Waals surface area contributed by atoms with Crippen LogP contribution in [-0.4, -0.2) is 9.55 Å². The number of nitrogen functional groups attached to an aromatic ring is 1. The van der Waals surface area contributed by atoms with Gasteiger partial charge in [0.2, 0.25) is 5.95 Å². The van der Waals surface area contributed by atoms with Crippen LogP contribution in [0.5, 0.6) is 0 Å². The van der Waals surface area contributed by atoms with Crippen LogP contribution in [0.25, 0.3) is 16.7 Å². The van der Waals surface area contributed by atoms with Gasteiger partial charge in [-0.15, -0.1) is 0 Å². The van der Waals surface area contributed by atoms with Crippen molar-refractivity contribution in [1.29, 1.82) is 0 Å². The Bertz CT molecular complexity index is 780. The van der Waals surface area contributed by atoms with Crippen LogP contribution < -0.4 is 5.73 Å². The van der Waals surface area contributed by atoms with Crippen molar-refractivity contribution in [3.05, 3.63) is 51.5 Å². The van der Waals surface area contributed by atoms with Crippen LogP contribution in [0, 0.1) is 6.92 Å². The quantitative estimate of drug-likeness (QED) is 0.718. The Morgan fingerprint density at radius 2 is 2.00 bits per heavy atom. The number of benzene rings is 2. The minimum absolute atomic E-state index is 0.429. The molecule has 2 aromatic carbocycles. The molecule has 0 saturated carbocycles. The van der Waals surface area contributed by atoms with E-state index in [0.29, 0.717) is 11.0 Å². The molecule has 0 atom stereocenters. The van der Waals surface area contributed by atoms with Crippen molar-refractivity contribution in [2.45, 2.75) is 6.92 Å². The number of aromatic nitrogens is 2. The second kappa shape index (κ2) is 4.54. The molecule has 0 unspecified atom stereocenters. The number of hydrogen-bond donors (Lipinski definition) is 1. The molecule has 19 heavy (non-hydrogen) atoms. The summed E-state index contributed by atoms with van der Waals surface area (Å²) in [5.41, 5.74) is 9.75. The van der Waals surface area contributed by atoms with Gasteiger partial charge in [-0.25, -0.2) is 4.98 Å². The van der Waals surface area contributed by atoms with Crippen molar-refractivity contribution in [3.63, 3.8) is 0 Å². The molecule has 96 valence electrons. The Balaban J connectivity index is 2.33. The van der Waals surface area contributed by atoms with Gasteiger partial charge in [0.25, 0.3) is 0 Å². The summed E-state index contributed by atoms with van der Waals surface area (Å²) >= 11 is 9.74. The van der Waals surface area contributed by atoms with Crippen LogP contribution in [0.3, 0.4) is 0 Å². The van der Waals surface area contributed by atoms with Gasteiger partial charge in [-0.05, 0) is 42.8 Å². The fourth-order valence-electron chi connectivity index (χ4n) is 2.12. The Hall–Kier alpha value is -1.52. The molecule has 0 saturated heterocycles. The van der Waals surface area contributed by atoms with E-state index >= 15 is 0 Å². The van der Waals surface area contributed by atoms with Gasteiger partial charge in [-0.3, -0.25) is 4.57 Å². The fourth-order valence-corrected chi connectivity index (χ4v) is 2.79. The summed E-state index contributed by atoms with van der Waals surface area (Å²) in [6.07, 6.45) is 0. The largest absolute Gasteiger partial charge is 0.369 e. The van der Waals surface area contributed by atoms with Crippen molar-refractivity contribution < 1.29 is 0 Å². The Morgan fingerprint density at radius 1 is 1.21 bits per heavy atom. The van der Waals surface area contributed by atoms with E-state index in [-0.39, 0.29) is 0 Å². The Morgan fingerprint density at radius 3 is 2.74 bits per heavy atom. The lowest BCUT2D eigenvalue weighted by atomic mass is 10.2. The van der Waals surface area contributed by atoms with Crippen molar-refractivity contribution >= 4 is 44.5 Å². The predicted molar refractivity (Wildman–Crippen MR) is 82.9 cm³/mol. The highest BCUT2D eigenvalue weighted by atomic mass is 79.9. The first-order chi connectivity index (χ1) is 9.06. The van der Waals surface area contributed by atoms with Gasteiger partial charge in [0.1, 0.15) is 0 Å². The highest BCUT2D eigenvalue weighted by Gasteiger charge is 2.12. The van der Waals surface area contributed by atoms with Gasteiger partial charge >= 0.3 is 0 Å². The van der Waals surface area contributed by atoms with Gasteiger partial charge in [-0.1, -0.05) is 33.6 Å². The molecule has 3 aromatic rings. The molecule has 2 N–H and O–H groups in total. The minimum atomic E-state index is 0.429. The minimum Gasteiger partial charge on any atom is -0.369 e. The molecule has 1 heterocycles. The zero-order valence-corrected chi connectivity index (χ0v) is 12.5. The molecule has 0 bridgehead atoms. The van der Waals surface area contributed by atoms with Gasteiger partial charge in [0.15, 0.2) is 0 Å². The number of nitrogens with two attached hydrogens (primary N) is 1. The number of fused-ring (bicyclic) bond motifs is 1. The van der Waals surface area contributed by atoms with Crippen LogP contribution >= 0.6 is 27.5 Å². The second-order valence-corrected chi connectivity index (χ2v) is 5.72. The summed E-state index contributed by atoms with van der Waals surface area (Å²) in [5, 5.41) is 0.661. The summed E-state index contributed by atoms with van der Waals surface area (Å²) in [4.78, 5) is 4.37. The molecule has 0 aliphatic heterocycles. The van der Waals surface area contributed by atoms with Crippen molar-refractivity contribution in [2.75, 3.05) is 5.73 Å². The predicted octanol–water partition coefficient (Wildman–Crippen LogP) is 4.33. The molecule has 0 aliphatic carbocycles. The first-order valence-corrected chi connectivity index (χ1v) is 6.93. The molecular weight excluding hydrogens is 326 g/mol. The summed E-state index contributed by atoms with van der Waals surface area (Å²) in [6.45, 7) is 2.00. The number of nitrogens with zero attached hydrogens (tertiary/aromatic N) is 2. The topological polar surface area (TPSA) is 43.8 Å². The van der Waals surface area contributed by atoms with Crippen LogP contribution in [-0.2, 0) is 0 Å². The van der Waals surface area contributed by atoms with Crippen molar-refractivity contribution in [2.24, 2.45) is 0 Å². The standard InChI is InChI=1S/C14H11BrClN3/c1-8-2-4-12(10(16)6-8)19-13-5-3-9(15)7-11(13)18-14(19)17/h2-7H,1H3,(H2,17,18). The van der Waals surface area contributed by atoms with E-state index in [1.807, 2.05) is 47.9 Å². The van der Waals surface area contributed by atoms with Gasteiger partial charge < -0.3 is 5.73 Å². The maximum absolute atomic E-state index is 6.31. The van der Waals surface area contributed by atoms with E-state index in [1.165, 1.54) is 0 Å². The molecular formula is C14H11BrClN3. The smallest absolute Gasteiger partial charge is 0.205 e. The molecule has 0 radical (unpaired) electrons. The maximum Gasteiger partial charge on any atom is 0.205 e. The fraction of sp³-hybridized carbons (Fsp3) is 0.0714. The Kier molecular flexibility index (Phi) is 2.99. The maximum atomic E-state index is 6.31. The number of halogens is 2. The average Bonchev–Trinajstić information content (AvgIpc) is 2.65. The molecule has 0 amide bonds. The van der Waals surface area contributed by atoms with Crippen molar-refractivity contribution in [3.8, 4) is 5.69 Å². The molecule has 5 heteroatoms. The lowest BCUT2D eigenvalue weighted by Gasteiger charge is -2.09. The lowest BCUT2D eigenvalue weighted by Crippen LogP contribution is -2.01. The van der Waals surface area contributed by atoms with Crippen LogP contribution in [0.4, 0.5) is 5.95 Å². The van der Waals surface area contributed by atoms with Crippen molar-refractivity contribution in [1.82, 2.24) is 9.55 Å². The lowest BCUT2D eigenvalue weighted by molar-refractivity contribution is 1.11. The summed E-state index contributed by atoms with van der Waals surface area (Å²) in [6, 6.07) is 11.7. The normalized spacial score (nSPS) is 11.1. The van der Waals surface area contributed by atoms with E-state index in [2.05, 4.69) is 20.9 Å². The number of rotatable bonds is 1. The van der Waals surface area contributed by atoms with Crippen LogP contribution in [0.2, 0.25) is 5.02 Å². The van der Waals surface area contributed by atoms with E-state index in [4.69, 9.17) is 17.3 Å². The third kappa shape index (κ3) is 2.11. The molecule has 1 aromatic heterocycles. The third-order valence-corrected chi connectivity index (χ3v) is 3.78. The second-order valence-electron chi connectivity index (χ2n) is 4.39. The molecule has 3 rings (SSSR count). The van der Waals surface area contributed by atoms with E-state index in [9.17, 15) is 0 Å². The zero-order chi connectivity index (χ0) is 13.6. The summed E-state index contributed by atoms with van der Waals surface area (Å²) in [7, 11) is 0. The number of imidazole rings is 1. The number of anilines is 1. The number of aryl methyl sites for hydroxylation is 1. The SMILES string of the molecule is Cc1ccc(-n2c(N)nc3cc(Br)ccc32)c(Cl)c1. The third-order valence-electron chi connectivity index (χ3n) is 2.99. The summed E-state index contributed by atoms with van der Waals surface area (Å²) in [5.74, 6) is 0.429. The highest BCUT2D eigenvalue weighted by Crippen LogP contribution is 2.29. The van der Waals surface area contributed by atoms with Crippen LogP contribution in [0.15, 0.2) is 40.9 Å². The number of hydrogen-bond acceptors (Lipinski definition) is 2. The van der Waals surface area contributed by atoms with E-state index < -0.39 is 0 Å². The molecule has 0 spiro atoms. The molecule has 3 nitrogen and oxygen atoms in total. The highest BCUT2D eigenvalue weighted by molar-refractivity contribution is 9.10. The van der Waals surface area contributed by atoms with Crippen LogP contribution in [0.1, 0.15) is 5.56 Å². The first kappa shape index (κ1) is 12.5. The molecule has 0 aliphatic rings. The monoisotopic (exact) mass is 335 g/mol. The first-order valence-electron chi connectivity index (χ1n) is 5.76.